The fourth-order valence-electron chi connectivity index (χ4n) is 2.86. The lowest BCUT2D eigenvalue weighted by atomic mass is 10.1. The predicted octanol–water partition coefficient (Wildman–Crippen LogP) is 3.50. The van der Waals surface area contributed by atoms with Gasteiger partial charge in [-0.2, -0.15) is 0 Å². The fourth-order valence-corrected chi connectivity index (χ4v) is 4.09. The average Bonchev–Trinajstić information content (AvgIpc) is 3.11. The van der Waals surface area contributed by atoms with Crippen molar-refractivity contribution in [3.05, 3.63) is 65.7 Å². The van der Waals surface area contributed by atoms with E-state index in [4.69, 9.17) is 5.11 Å². The standard InChI is InChI=1S/C19H22N2O2S/c1-2-21(12-14-6-4-3-5-7-14)16-10-8-15(9-11-16)18-20-17(13-24-18)19(22)23/h3-11,17-18,20H,2,12-13H2,1H3,(H,22,23). The van der Waals surface area contributed by atoms with Crippen molar-refractivity contribution in [2.24, 2.45) is 0 Å². The zero-order valence-electron chi connectivity index (χ0n) is 13.7. The van der Waals surface area contributed by atoms with Crippen molar-refractivity contribution in [2.45, 2.75) is 24.9 Å². The molecule has 0 aromatic heterocycles. The summed E-state index contributed by atoms with van der Waals surface area (Å²) in [6, 6.07) is 18.4. The van der Waals surface area contributed by atoms with Crippen molar-refractivity contribution >= 4 is 23.4 Å². The first-order valence-corrected chi connectivity index (χ1v) is 9.21. The Hall–Kier alpha value is -1.98. The minimum Gasteiger partial charge on any atom is -0.480 e. The van der Waals surface area contributed by atoms with Crippen LogP contribution in [0.5, 0.6) is 0 Å². The fraction of sp³-hybridized carbons (Fsp3) is 0.316. The molecule has 0 bridgehead atoms. The highest BCUT2D eigenvalue weighted by molar-refractivity contribution is 7.99. The maximum Gasteiger partial charge on any atom is 0.321 e. The molecule has 2 N–H and O–H groups in total. The number of carboxylic acids is 1. The molecule has 1 fully saturated rings. The Labute approximate surface area is 146 Å². The van der Waals surface area contributed by atoms with Crippen LogP contribution in [0.1, 0.15) is 23.4 Å². The normalized spacial score (nSPS) is 20.0. The quantitative estimate of drug-likeness (QED) is 0.841. The third-order valence-corrected chi connectivity index (χ3v) is 5.51. The first kappa shape index (κ1) is 16.9. The van der Waals surface area contributed by atoms with Gasteiger partial charge in [-0.25, -0.2) is 0 Å². The van der Waals surface area contributed by atoms with Crippen molar-refractivity contribution in [1.29, 1.82) is 0 Å². The number of hydrogen-bond acceptors (Lipinski definition) is 4. The van der Waals surface area contributed by atoms with Crippen molar-refractivity contribution in [3.8, 4) is 0 Å². The van der Waals surface area contributed by atoms with Gasteiger partial charge in [-0.3, -0.25) is 10.1 Å². The Morgan fingerprint density at radius 1 is 1.21 bits per heavy atom. The summed E-state index contributed by atoms with van der Waals surface area (Å²) < 4.78 is 0. The van der Waals surface area contributed by atoms with Crippen molar-refractivity contribution in [3.63, 3.8) is 0 Å². The van der Waals surface area contributed by atoms with Crippen LogP contribution in [0.4, 0.5) is 5.69 Å². The van der Waals surface area contributed by atoms with Gasteiger partial charge < -0.3 is 10.0 Å². The van der Waals surface area contributed by atoms with E-state index in [2.05, 4.69) is 65.7 Å². The van der Waals surface area contributed by atoms with Crippen LogP contribution in [-0.4, -0.2) is 29.4 Å². The largest absolute Gasteiger partial charge is 0.480 e. The van der Waals surface area contributed by atoms with Crippen molar-refractivity contribution < 1.29 is 9.90 Å². The number of benzene rings is 2. The number of nitrogens with one attached hydrogen (secondary N) is 1. The lowest BCUT2D eigenvalue weighted by Gasteiger charge is -2.24. The second-order valence-electron chi connectivity index (χ2n) is 5.86. The first-order chi connectivity index (χ1) is 11.7. The molecule has 2 atom stereocenters. The zero-order chi connectivity index (χ0) is 16.9. The summed E-state index contributed by atoms with van der Waals surface area (Å²) >= 11 is 1.65. The molecule has 2 aromatic carbocycles. The number of carbonyl (C=O) groups is 1. The summed E-state index contributed by atoms with van der Waals surface area (Å²) in [5.41, 5.74) is 3.60. The number of carboxylic acid groups (broad SMARTS) is 1. The molecule has 0 radical (unpaired) electrons. The van der Waals surface area contributed by atoms with E-state index in [0.29, 0.717) is 5.75 Å². The lowest BCUT2D eigenvalue weighted by molar-refractivity contribution is -0.138. The van der Waals surface area contributed by atoms with E-state index in [9.17, 15) is 4.79 Å². The van der Waals surface area contributed by atoms with Gasteiger partial charge in [-0.05, 0) is 30.2 Å². The summed E-state index contributed by atoms with van der Waals surface area (Å²) in [5.74, 6) is -0.168. The minimum atomic E-state index is -0.776. The van der Waals surface area contributed by atoms with E-state index >= 15 is 0 Å². The van der Waals surface area contributed by atoms with Gasteiger partial charge in [0, 0.05) is 24.5 Å². The number of rotatable bonds is 6. The molecule has 3 rings (SSSR count). The van der Waals surface area contributed by atoms with Gasteiger partial charge in [0.2, 0.25) is 0 Å². The molecule has 24 heavy (non-hydrogen) atoms. The molecule has 0 aliphatic carbocycles. The molecule has 2 unspecified atom stereocenters. The molecule has 0 saturated carbocycles. The maximum absolute atomic E-state index is 11.1. The van der Waals surface area contributed by atoms with Gasteiger partial charge >= 0.3 is 5.97 Å². The number of anilines is 1. The molecular formula is C19H22N2O2S. The number of nitrogens with zero attached hydrogens (tertiary/aromatic N) is 1. The van der Waals surface area contributed by atoms with E-state index in [1.54, 1.807) is 11.8 Å². The van der Waals surface area contributed by atoms with Crippen molar-refractivity contribution in [2.75, 3.05) is 17.2 Å². The van der Waals surface area contributed by atoms with Crippen LogP contribution in [0.2, 0.25) is 0 Å². The van der Waals surface area contributed by atoms with Gasteiger partial charge in [-0.15, -0.1) is 11.8 Å². The van der Waals surface area contributed by atoms with Crippen molar-refractivity contribution in [1.82, 2.24) is 5.32 Å². The Kier molecular flexibility index (Phi) is 5.43. The predicted molar refractivity (Wildman–Crippen MR) is 99.4 cm³/mol. The number of aliphatic carboxylic acids is 1. The molecule has 0 amide bonds. The second kappa shape index (κ2) is 7.73. The summed E-state index contributed by atoms with van der Waals surface area (Å²) in [7, 11) is 0. The Morgan fingerprint density at radius 2 is 1.92 bits per heavy atom. The van der Waals surface area contributed by atoms with Crippen LogP contribution in [0.25, 0.3) is 0 Å². The SMILES string of the molecule is CCN(Cc1ccccc1)c1ccc(C2NC(C(=O)O)CS2)cc1. The van der Waals surface area contributed by atoms with Gasteiger partial charge in [0.05, 0.1) is 5.37 Å². The smallest absolute Gasteiger partial charge is 0.321 e. The molecule has 1 heterocycles. The van der Waals surface area contributed by atoms with E-state index in [1.807, 2.05) is 6.07 Å². The van der Waals surface area contributed by atoms with E-state index < -0.39 is 12.0 Å². The molecule has 0 spiro atoms. The van der Waals surface area contributed by atoms with E-state index in [1.165, 1.54) is 11.3 Å². The Balaban J connectivity index is 1.68. The maximum atomic E-state index is 11.1. The first-order valence-electron chi connectivity index (χ1n) is 8.16. The van der Waals surface area contributed by atoms with E-state index in [0.717, 1.165) is 18.7 Å². The zero-order valence-corrected chi connectivity index (χ0v) is 14.5. The van der Waals surface area contributed by atoms with E-state index in [-0.39, 0.29) is 5.37 Å². The van der Waals surface area contributed by atoms with Crippen LogP contribution in [0.3, 0.4) is 0 Å². The van der Waals surface area contributed by atoms with Crippen LogP contribution >= 0.6 is 11.8 Å². The Morgan fingerprint density at radius 3 is 2.50 bits per heavy atom. The number of hydrogen-bond donors (Lipinski definition) is 2. The topological polar surface area (TPSA) is 52.6 Å². The Bertz CT molecular complexity index is 676. The van der Waals surface area contributed by atoms with Crippen LogP contribution < -0.4 is 10.2 Å². The molecule has 1 aliphatic heterocycles. The molecule has 1 saturated heterocycles. The minimum absolute atomic E-state index is 0.0596. The molecular weight excluding hydrogens is 320 g/mol. The molecule has 1 aliphatic rings. The summed E-state index contributed by atoms with van der Waals surface area (Å²) in [5, 5.41) is 12.3. The lowest BCUT2D eigenvalue weighted by Crippen LogP contribution is -2.33. The van der Waals surface area contributed by atoms with Gasteiger partial charge in [0.1, 0.15) is 6.04 Å². The average molecular weight is 342 g/mol. The van der Waals surface area contributed by atoms with Gasteiger partial charge in [0.25, 0.3) is 0 Å². The highest BCUT2D eigenvalue weighted by Crippen LogP contribution is 2.33. The van der Waals surface area contributed by atoms with Crippen LogP contribution in [0, 0.1) is 0 Å². The van der Waals surface area contributed by atoms with Gasteiger partial charge in [-0.1, -0.05) is 42.5 Å². The highest BCUT2D eigenvalue weighted by Gasteiger charge is 2.30. The molecule has 126 valence electrons. The summed E-state index contributed by atoms with van der Waals surface area (Å²) in [4.78, 5) is 13.4. The highest BCUT2D eigenvalue weighted by atomic mass is 32.2. The van der Waals surface area contributed by atoms with Crippen LogP contribution in [-0.2, 0) is 11.3 Å². The molecule has 5 heteroatoms. The third kappa shape index (κ3) is 3.91. The van der Waals surface area contributed by atoms with Crippen LogP contribution in [0.15, 0.2) is 54.6 Å². The molecule has 2 aromatic rings. The third-order valence-electron chi connectivity index (χ3n) is 4.24. The second-order valence-corrected chi connectivity index (χ2v) is 7.00. The summed E-state index contributed by atoms with van der Waals surface area (Å²) in [6.45, 7) is 3.97. The van der Waals surface area contributed by atoms with Gasteiger partial charge in [0.15, 0.2) is 0 Å². The monoisotopic (exact) mass is 342 g/mol. The summed E-state index contributed by atoms with van der Waals surface area (Å²) in [6.07, 6.45) is 0. The number of thioether (sulfide) groups is 1. The molecule has 4 nitrogen and oxygen atoms in total.